The molecule has 2 aromatic rings. The van der Waals surface area contributed by atoms with Gasteiger partial charge in [0.05, 0.1) is 6.04 Å². The maximum absolute atomic E-state index is 3.69. The summed E-state index contributed by atoms with van der Waals surface area (Å²) in [6, 6.07) is 19.5. The van der Waals surface area contributed by atoms with E-state index < -0.39 is 0 Å². The van der Waals surface area contributed by atoms with Gasteiger partial charge in [0.25, 0.3) is 0 Å². The van der Waals surface area contributed by atoms with Crippen LogP contribution in [0.15, 0.2) is 96.2 Å². The summed E-state index contributed by atoms with van der Waals surface area (Å²) in [7, 11) is 0. The topological polar surface area (TPSA) is 12.0 Å². The molecular formula is C28H37N. The van der Waals surface area contributed by atoms with Gasteiger partial charge in [0.1, 0.15) is 0 Å². The first kappa shape index (κ1) is 24.2. The van der Waals surface area contributed by atoms with Gasteiger partial charge in [-0.2, -0.15) is 0 Å². The number of hydrogen-bond donors (Lipinski definition) is 1. The number of hydrogen-bond acceptors (Lipinski definition) is 1. The Labute approximate surface area is 178 Å². The van der Waals surface area contributed by atoms with Crippen LogP contribution in [0.4, 0.5) is 0 Å². The summed E-state index contributed by atoms with van der Waals surface area (Å²) >= 11 is 0. The molecule has 29 heavy (non-hydrogen) atoms. The van der Waals surface area contributed by atoms with Gasteiger partial charge in [0, 0.05) is 5.70 Å². The van der Waals surface area contributed by atoms with Crippen molar-refractivity contribution in [2.75, 3.05) is 0 Å². The number of dihydropyridines is 1. The average molecular weight is 388 g/mol. The van der Waals surface area contributed by atoms with Gasteiger partial charge in [-0.1, -0.05) is 106 Å². The fraction of sp³-hybridized carbons (Fsp3) is 0.286. The summed E-state index contributed by atoms with van der Waals surface area (Å²) in [4.78, 5) is 0. The second kappa shape index (κ2) is 13.4. The maximum Gasteiger partial charge on any atom is 0.0707 e. The van der Waals surface area contributed by atoms with E-state index in [4.69, 9.17) is 0 Å². The zero-order chi connectivity index (χ0) is 21.6. The molecule has 1 atom stereocenters. The van der Waals surface area contributed by atoms with Gasteiger partial charge in [-0.05, 0) is 55.2 Å². The molecule has 0 saturated carbocycles. The second-order valence-corrected chi connectivity index (χ2v) is 6.33. The third-order valence-electron chi connectivity index (χ3n) is 4.44. The molecule has 1 heteroatoms. The van der Waals surface area contributed by atoms with E-state index in [9.17, 15) is 0 Å². The van der Waals surface area contributed by atoms with Crippen LogP contribution in [-0.4, -0.2) is 0 Å². The third-order valence-corrected chi connectivity index (χ3v) is 4.44. The van der Waals surface area contributed by atoms with Gasteiger partial charge in [-0.3, -0.25) is 0 Å². The lowest BCUT2D eigenvalue weighted by Gasteiger charge is -2.26. The molecular weight excluding hydrogens is 350 g/mol. The van der Waals surface area contributed by atoms with Crippen LogP contribution in [0.2, 0.25) is 0 Å². The zero-order valence-electron chi connectivity index (χ0n) is 19.2. The van der Waals surface area contributed by atoms with E-state index in [1.165, 1.54) is 27.8 Å². The van der Waals surface area contributed by atoms with E-state index in [2.05, 4.69) is 111 Å². The molecule has 2 aromatic carbocycles. The highest BCUT2D eigenvalue weighted by Crippen LogP contribution is 2.31. The van der Waals surface area contributed by atoms with Crippen LogP contribution < -0.4 is 5.32 Å². The van der Waals surface area contributed by atoms with Crippen molar-refractivity contribution in [3.63, 3.8) is 0 Å². The Balaban J connectivity index is 0.000000989. The minimum atomic E-state index is 0.164. The lowest BCUT2D eigenvalue weighted by Crippen LogP contribution is -2.23. The molecule has 0 aromatic heterocycles. The Morgan fingerprint density at radius 2 is 1.59 bits per heavy atom. The summed E-state index contributed by atoms with van der Waals surface area (Å²) < 4.78 is 0. The van der Waals surface area contributed by atoms with Gasteiger partial charge in [-0.25, -0.2) is 0 Å². The van der Waals surface area contributed by atoms with Gasteiger partial charge >= 0.3 is 0 Å². The molecule has 0 aliphatic carbocycles. The molecule has 154 valence electrons. The normalized spacial score (nSPS) is 15.8. The number of rotatable bonds is 4. The van der Waals surface area contributed by atoms with E-state index >= 15 is 0 Å². The fourth-order valence-electron chi connectivity index (χ4n) is 3.17. The van der Waals surface area contributed by atoms with Crippen molar-refractivity contribution in [1.29, 1.82) is 0 Å². The number of nitrogens with one attached hydrogen (secondary N) is 1. The molecule has 0 fully saturated rings. The van der Waals surface area contributed by atoms with E-state index in [1.54, 1.807) is 0 Å². The van der Waals surface area contributed by atoms with E-state index in [-0.39, 0.29) is 6.04 Å². The highest BCUT2D eigenvalue weighted by atomic mass is 14.9. The van der Waals surface area contributed by atoms with Gasteiger partial charge in [0.15, 0.2) is 0 Å². The molecule has 1 aliphatic rings. The smallest absolute Gasteiger partial charge is 0.0707 e. The van der Waals surface area contributed by atoms with Crippen LogP contribution in [0.25, 0.3) is 5.57 Å². The van der Waals surface area contributed by atoms with Crippen LogP contribution in [0.1, 0.15) is 64.3 Å². The maximum atomic E-state index is 3.69. The average Bonchev–Trinajstić information content (AvgIpc) is 2.80. The summed E-state index contributed by atoms with van der Waals surface area (Å²) in [5.41, 5.74) is 7.44. The van der Waals surface area contributed by atoms with Crippen molar-refractivity contribution in [1.82, 2.24) is 5.32 Å². The predicted molar refractivity (Wildman–Crippen MR) is 131 cm³/mol. The van der Waals surface area contributed by atoms with Crippen LogP contribution in [0.3, 0.4) is 0 Å². The third kappa shape index (κ3) is 6.94. The van der Waals surface area contributed by atoms with E-state index in [0.717, 1.165) is 5.70 Å². The molecule has 3 rings (SSSR count). The molecule has 0 spiro atoms. The standard InChI is InChI=1S/C24H25N.2C2H6/c1-4-10-19(5-2)23-16-22(21-14-9-11-18(3)15-21)17-24(25-23)20-12-7-6-8-13-20;2*1-2/h4-17,24-25H,1-3H3;2*1-2H3/b10-4-,19-5+;;. The quantitative estimate of drug-likeness (QED) is 0.521. The molecule has 1 aliphatic heterocycles. The van der Waals surface area contributed by atoms with Gasteiger partial charge in [0.2, 0.25) is 0 Å². The molecule has 1 unspecified atom stereocenters. The Morgan fingerprint density at radius 3 is 2.17 bits per heavy atom. The van der Waals surface area contributed by atoms with Crippen LogP contribution in [-0.2, 0) is 0 Å². The number of benzene rings is 2. The van der Waals surface area contributed by atoms with Gasteiger partial charge in [-0.15, -0.1) is 0 Å². The molecule has 1 heterocycles. The zero-order valence-corrected chi connectivity index (χ0v) is 19.2. The molecule has 0 bridgehead atoms. The first-order chi connectivity index (χ1) is 14.2. The number of allylic oxidation sites excluding steroid dienone is 5. The Bertz CT molecular complexity index is 851. The van der Waals surface area contributed by atoms with Crippen molar-refractivity contribution >= 4 is 5.57 Å². The number of aryl methyl sites for hydroxylation is 1. The molecule has 0 saturated heterocycles. The van der Waals surface area contributed by atoms with Crippen molar-refractivity contribution in [3.8, 4) is 0 Å². The summed E-state index contributed by atoms with van der Waals surface area (Å²) in [6.45, 7) is 14.3. The fourth-order valence-corrected chi connectivity index (χ4v) is 3.17. The van der Waals surface area contributed by atoms with Crippen molar-refractivity contribution in [2.45, 2.75) is 54.5 Å². The summed E-state index contributed by atoms with van der Waals surface area (Å²) in [6.07, 6.45) is 11.0. The highest BCUT2D eigenvalue weighted by molar-refractivity contribution is 5.78. The Hall–Kier alpha value is -2.80. The van der Waals surface area contributed by atoms with Crippen molar-refractivity contribution in [3.05, 3.63) is 113 Å². The van der Waals surface area contributed by atoms with Crippen LogP contribution >= 0.6 is 0 Å². The van der Waals surface area contributed by atoms with Crippen molar-refractivity contribution < 1.29 is 0 Å². The minimum Gasteiger partial charge on any atom is -0.374 e. The lowest BCUT2D eigenvalue weighted by molar-refractivity contribution is 0.716. The van der Waals surface area contributed by atoms with Crippen molar-refractivity contribution in [2.24, 2.45) is 0 Å². The molecule has 0 radical (unpaired) electrons. The van der Waals surface area contributed by atoms with Gasteiger partial charge < -0.3 is 5.32 Å². The van der Waals surface area contributed by atoms with E-state index in [1.807, 2.05) is 27.7 Å². The summed E-state index contributed by atoms with van der Waals surface area (Å²) in [5, 5.41) is 3.69. The Kier molecular flexibility index (Phi) is 11.2. The molecule has 1 N–H and O–H groups in total. The second-order valence-electron chi connectivity index (χ2n) is 6.33. The first-order valence-electron chi connectivity index (χ1n) is 10.8. The monoisotopic (exact) mass is 387 g/mol. The SMILES string of the molecule is C/C=C\C(=C/C)C1=CC(c2cccc(C)c2)=CC(c2ccccc2)N1.CC.CC. The molecule has 0 amide bonds. The van der Waals surface area contributed by atoms with E-state index in [0.29, 0.717) is 0 Å². The van der Waals surface area contributed by atoms with Crippen LogP contribution in [0.5, 0.6) is 0 Å². The summed E-state index contributed by atoms with van der Waals surface area (Å²) in [5.74, 6) is 0. The highest BCUT2D eigenvalue weighted by Gasteiger charge is 2.18. The largest absolute Gasteiger partial charge is 0.374 e. The first-order valence-corrected chi connectivity index (χ1v) is 10.8. The predicted octanol–water partition coefficient (Wildman–Crippen LogP) is 8.18. The minimum absolute atomic E-state index is 0.164. The Morgan fingerprint density at radius 1 is 0.897 bits per heavy atom. The lowest BCUT2D eigenvalue weighted by atomic mass is 9.92. The molecule has 1 nitrogen and oxygen atoms in total. The van der Waals surface area contributed by atoms with Crippen LogP contribution in [0, 0.1) is 6.92 Å².